The van der Waals surface area contributed by atoms with E-state index in [2.05, 4.69) is 168 Å². The summed E-state index contributed by atoms with van der Waals surface area (Å²) in [6.07, 6.45) is 3.84. The molecule has 2 heterocycles. The quantitative estimate of drug-likeness (QED) is 0.194. The van der Waals surface area contributed by atoms with E-state index in [4.69, 9.17) is 0 Å². The summed E-state index contributed by atoms with van der Waals surface area (Å²) in [6.45, 7) is 0. The van der Waals surface area contributed by atoms with E-state index in [1.54, 1.807) is 11.3 Å². The van der Waals surface area contributed by atoms with Gasteiger partial charge < -0.3 is 4.90 Å². The van der Waals surface area contributed by atoms with E-state index in [0.717, 1.165) is 17.1 Å². The number of anilines is 3. The third-order valence-electron chi connectivity index (χ3n) is 8.20. The van der Waals surface area contributed by atoms with Crippen LogP contribution in [0.25, 0.3) is 53.6 Å². The molecule has 2 aromatic heterocycles. The van der Waals surface area contributed by atoms with E-state index >= 15 is 0 Å². The smallest absolute Gasteiger partial charge is 0.0538 e. The van der Waals surface area contributed by atoms with Gasteiger partial charge in [-0.2, -0.15) is 0 Å². The Morgan fingerprint density at radius 3 is 1.36 bits per heavy atom. The van der Waals surface area contributed by atoms with Gasteiger partial charge in [-0.25, -0.2) is 0 Å². The summed E-state index contributed by atoms with van der Waals surface area (Å²) < 4.78 is 2.48. The van der Waals surface area contributed by atoms with Crippen molar-refractivity contribution < 1.29 is 0 Å². The molecule has 0 radical (unpaired) electrons. The van der Waals surface area contributed by atoms with E-state index in [0.29, 0.717) is 0 Å². The van der Waals surface area contributed by atoms with Gasteiger partial charge in [0.1, 0.15) is 0 Å². The first-order valence-corrected chi connectivity index (χ1v) is 15.6. The Morgan fingerprint density at radius 1 is 0.386 bits per heavy atom. The summed E-state index contributed by atoms with van der Waals surface area (Å²) >= 11 is 1.79. The molecule has 0 saturated heterocycles. The topological polar surface area (TPSA) is 16.1 Å². The summed E-state index contributed by atoms with van der Waals surface area (Å²) in [6, 6.07) is 56.6. The van der Waals surface area contributed by atoms with Crippen molar-refractivity contribution in [3.63, 3.8) is 0 Å². The second-order valence-electron chi connectivity index (χ2n) is 10.9. The SMILES string of the molecule is c1ccc(-c2ccc(-c3ccc(N(c4ccc(-c5ccccc5)cc4)c4ccc5sc6cnccc6c5c4)cc3)cc2)cc1. The second kappa shape index (κ2) is 11.3. The van der Waals surface area contributed by atoms with Gasteiger partial charge in [-0.05, 0) is 81.9 Å². The van der Waals surface area contributed by atoms with Crippen LogP contribution in [0, 0.1) is 0 Å². The van der Waals surface area contributed by atoms with Gasteiger partial charge >= 0.3 is 0 Å². The van der Waals surface area contributed by atoms with Gasteiger partial charge in [0.15, 0.2) is 0 Å². The van der Waals surface area contributed by atoms with Crippen molar-refractivity contribution in [2.75, 3.05) is 4.90 Å². The zero-order valence-corrected chi connectivity index (χ0v) is 24.8. The molecule has 8 rings (SSSR count). The lowest BCUT2D eigenvalue weighted by atomic mass is 10.00. The Bertz CT molecular complexity index is 2180. The summed E-state index contributed by atoms with van der Waals surface area (Å²) in [4.78, 5) is 6.70. The van der Waals surface area contributed by atoms with E-state index in [-0.39, 0.29) is 0 Å². The van der Waals surface area contributed by atoms with Crippen LogP contribution in [0.3, 0.4) is 0 Å². The van der Waals surface area contributed by atoms with Crippen LogP contribution in [-0.2, 0) is 0 Å². The predicted octanol–water partition coefficient (Wildman–Crippen LogP) is 11.9. The van der Waals surface area contributed by atoms with E-state index in [1.807, 2.05) is 12.4 Å². The maximum Gasteiger partial charge on any atom is 0.0538 e. The molecule has 0 aliphatic rings. The Kier molecular flexibility index (Phi) is 6.71. The van der Waals surface area contributed by atoms with Crippen molar-refractivity contribution in [3.05, 3.63) is 170 Å². The number of nitrogens with zero attached hydrogens (tertiary/aromatic N) is 2. The van der Waals surface area contributed by atoms with E-state index in [9.17, 15) is 0 Å². The molecule has 44 heavy (non-hydrogen) atoms. The number of hydrogen-bond donors (Lipinski definition) is 0. The highest BCUT2D eigenvalue weighted by molar-refractivity contribution is 7.25. The fourth-order valence-corrected chi connectivity index (χ4v) is 6.98. The van der Waals surface area contributed by atoms with Gasteiger partial charge in [0.25, 0.3) is 0 Å². The molecule has 2 nitrogen and oxygen atoms in total. The fourth-order valence-electron chi connectivity index (χ4n) is 5.93. The molecule has 0 fully saturated rings. The zero-order valence-electron chi connectivity index (χ0n) is 24.0. The van der Waals surface area contributed by atoms with E-state index < -0.39 is 0 Å². The number of thiophene rings is 1. The van der Waals surface area contributed by atoms with Crippen molar-refractivity contribution >= 4 is 48.6 Å². The molecular weight excluding hydrogens is 553 g/mol. The number of benzene rings is 6. The van der Waals surface area contributed by atoms with Crippen LogP contribution in [-0.4, -0.2) is 4.98 Å². The average molecular weight is 581 g/mol. The summed E-state index contributed by atoms with van der Waals surface area (Å²) in [5.74, 6) is 0. The highest BCUT2D eigenvalue weighted by Gasteiger charge is 2.15. The van der Waals surface area contributed by atoms with Crippen LogP contribution in [0.2, 0.25) is 0 Å². The van der Waals surface area contributed by atoms with Crippen LogP contribution in [0.5, 0.6) is 0 Å². The van der Waals surface area contributed by atoms with Crippen LogP contribution >= 0.6 is 11.3 Å². The number of fused-ring (bicyclic) bond motifs is 3. The van der Waals surface area contributed by atoms with Crippen molar-refractivity contribution in [2.24, 2.45) is 0 Å². The third-order valence-corrected chi connectivity index (χ3v) is 9.32. The van der Waals surface area contributed by atoms with Crippen LogP contribution in [0.4, 0.5) is 17.1 Å². The molecule has 0 atom stereocenters. The lowest BCUT2D eigenvalue weighted by Gasteiger charge is -2.26. The molecule has 0 aliphatic carbocycles. The maximum absolute atomic E-state index is 4.35. The predicted molar refractivity (Wildman–Crippen MR) is 188 cm³/mol. The summed E-state index contributed by atoms with van der Waals surface area (Å²) in [5, 5.41) is 2.50. The van der Waals surface area contributed by atoms with Crippen molar-refractivity contribution in [2.45, 2.75) is 0 Å². The summed E-state index contributed by atoms with van der Waals surface area (Å²) in [7, 11) is 0. The van der Waals surface area contributed by atoms with Crippen LogP contribution in [0.15, 0.2) is 170 Å². The van der Waals surface area contributed by atoms with Gasteiger partial charge in [-0.15, -0.1) is 11.3 Å². The van der Waals surface area contributed by atoms with Crippen molar-refractivity contribution in [1.29, 1.82) is 0 Å². The largest absolute Gasteiger partial charge is 0.310 e. The molecule has 0 saturated carbocycles. The van der Waals surface area contributed by atoms with Gasteiger partial charge in [0, 0.05) is 44.9 Å². The molecule has 208 valence electrons. The minimum Gasteiger partial charge on any atom is -0.310 e. The first kappa shape index (κ1) is 26.1. The average Bonchev–Trinajstić information content (AvgIpc) is 3.48. The third kappa shape index (κ3) is 4.94. The Hall–Kier alpha value is -5.51. The molecule has 0 spiro atoms. The zero-order chi connectivity index (χ0) is 29.3. The normalized spacial score (nSPS) is 11.2. The minimum absolute atomic E-state index is 1.11. The monoisotopic (exact) mass is 580 g/mol. The molecule has 0 aliphatic heterocycles. The first-order valence-electron chi connectivity index (χ1n) is 14.8. The molecule has 0 unspecified atom stereocenters. The van der Waals surface area contributed by atoms with Crippen LogP contribution < -0.4 is 4.90 Å². The fraction of sp³-hybridized carbons (Fsp3) is 0. The number of hydrogen-bond acceptors (Lipinski definition) is 3. The van der Waals surface area contributed by atoms with E-state index in [1.165, 1.54) is 53.6 Å². The second-order valence-corrected chi connectivity index (χ2v) is 12.0. The highest BCUT2D eigenvalue weighted by atomic mass is 32.1. The number of rotatable bonds is 6. The molecule has 0 N–H and O–H groups in total. The standard InChI is InChI=1S/C41H28N2S/c1-3-7-29(8-4-1)31-11-13-32(14-12-31)34-17-21-36(22-18-34)43(35-19-15-33(16-20-35)30-9-5-2-6-10-30)37-23-24-40-39(27-37)38-25-26-42-28-41(38)44-40/h1-28H. The number of pyridine rings is 1. The molecule has 0 bridgehead atoms. The van der Waals surface area contributed by atoms with Crippen molar-refractivity contribution in [3.8, 4) is 33.4 Å². The number of aromatic nitrogens is 1. The van der Waals surface area contributed by atoms with Gasteiger partial charge in [0.2, 0.25) is 0 Å². The van der Waals surface area contributed by atoms with Crippen LogP contribution in [0.1, 0.15) is 0 Å². The molecule has 8 aromatic rings. The Balaban J connectivity index is 1.18. The molecular formula is C41H28N2S. The van der Waals surface area contributed by atoms with Gasteiger partial charge in [0.05, 0.1) is 4.70 Å². The molecule has 0 amide bonds. The van der Waals surface area contributed by atoms with Gasteiger partial charge in [-0.3, -0.25) is 4.98 Å². The first-order chi connectivity index (χ1) is 21.8. The minimum atomic E-state index is 1.11. The lowest BCUT2D eigenvalue weighted by molar-refractivity contribution is 1.29. The summed E-state index contributed by atoms with van der Waals surface area (Å²) in [5.41, 5.74) is 10.6. The molecule has 3 heteroatoms. The van der Waals surface area contributed by atoms with Crippen molar-refractivity contribution in [1.82, 2.24) is 4.98 Å². The molecule has 6 aromatic carbocycles. The highest BCUT2D eigenvalue weighted by Crippen LogP contribution is 2.41. The Labute approximate surface area is 261 Å². The maximum atomic E-state index is 4.35. The Morgan fingerprint density at radius 2 is 0.841 bits per heavy atom. The lowest BCUT2D eigenvalue weighted by Crippen LogP contribution is -2.09. The van der Waals surface area contributed by atoms with Gasteiger partial charge in [-0.1, -0.05) is 109 Å².